The second-order valence-electron chi connectivity index (χ2n) is 7.61. The molecule has 3 fully saturated rings. The molecule has 0 bridgehead atoms. The van der Waals surface area contributed by atoms with Gasteiger partial charge in [0.15, 0.2) is 0 Å². The van der Waals surface area contributed by atoms with Gasteiger partial charge in [0.1, 0.15) is 12.2 Å². The number of hydrogen-bond acceptors (Lipinski definition) is 7. The number of rotatable bonds is 2. The summed E-state index contributed by atoms with van der Waals surface area (Å²) in [5, 5.41) is 10.7. The first-order valence-electron chi connectivity index (χ1n) is 8.76. The monoisotopic (exact) mass is 364 g/mol. The van der Waals surface area contributed by atoms with Gasteiger partial charge in [0.2, 0.25) is 0 Å². The van der Waals surface area contributed by atoms with Crippen molar-refractivity contribution >= 4 is 17.9 Å². The molecule has 0 spiro atoms. The Bertz CT molecular complexity index is 694. The Morgan fingerprint density at radius 2 is 2.04 bits per heavy atom. The molecule has 0 aromatic rings. The molecule has 6 atom stereocenters. The number of carbonyl (C=O) groups excluding carboxylic acids is 3. The number of aliphatic hydroxyl groups excluding tert-OH is 1. The number of hydrogen-bond donors (Lipinski definition) is 1. The second kappa shape index (κ2) is 6.54. The number of ether oxygens (including phenoxy) is 3. The summed E-state index contributed by atoms with van der Waals surface area (Å²) in [6.45, 7) is 8.34. The van der Waals surface area contributed by atoms with Crippen LogP contribution in [0.1, 0.15) is 40.0 Å². The van der Waals surface area contributed by atoms with Gasteiger partial charge >= 0.3 is 17.9 Å². The van der Waals surface area contributed by atoms with Crippen molar-refractivity contribution in [3.63, 3.8) is 0 Å². The fourth-order valence-corrected chi connectivity index (χ4v) is 4.77. The van der Waals surface area contributed by atoms with Gasteiger partial charge in [0.25, 0.3) is 0 Å². The highest BCUT2D eigenvalue weighted by atomic mass is 16.6. The zero-order valence-electron chi connectivity index (χ0n) is 15.2. The van der Waals surface area contributed by atoms with Crippen molar-refractivity contribution in [2.24, 2.45) is 17.3 Å². The smallest absolute Gasteiger partial charge is 0.334 e. The lowest BCUT2D eigenvalue weighted by Crippen LogP contribution is -2.58. The molecule has 7 heteroatoms. The van der Waals surface area contributed by atoms with Crippen LogP contribution in [0.3, 0.4) is 0 Å². The molecule has 3 rings (SSSR count). The summed E-state index contributed by atoms with van der Waals surface area (Å²) in [6, 6.07) is 0. The second-order valence-corrected chi connectivity index (χ2v) is 7.61. The third kappa shape index (κ3) is 2.94. The first kappa shape index (κ1) is 18.6. The Hall–Kier alpha value is -2.15. The summed E-state index contributed by atoms with van der Waals surface area (Å²) in [5.41, 5.74) is 0.401. The zero-order valence-corrected chi connectivity index (χ0v) is 15.2. The predicted octanol–water partition coefficient (Wildman–Crippen LogP) is 1.64. The van der Waals surface area contributed by atoms with Crippen molar-refractivity contribution in [1.82, 2.24) is 0 Å². The summed E-state index contributed by atoms with van der Waals surface area (Å²) in [6.07, 6.45) is 0.921. The van der Waals surface area contributed by atoms with Crippen LogP contribution >= 0.6 is 0 Å². The number of fused-ring (bicyclic) bond motifs is 3. The number of aliphatic hydroxyl groups is 1. The third-order valence-corrected chi connectivity index (χ3v) is 5.90. The minimum absolute atomic E-state index is 0.273. The fourth-order valence-electron chi connectivity index (χ4n) is 4.77. The Kier molecular flexibility index (Phi) is 4.69. The van der Waals surface area contributed by atoms with Gasteiger partial charge in [-0.1, -0.05) is 13.5 Å². The van der Waals surface area contributed by atoms with E-state index in [1.54, 1.807) is 0 Å². The average molecular weight is 364 g/mol. The van der Waals surface area contributed by atoms with Crippen LogP contribution < -0.4 is 0 Å². The van der Waals surface area contributed by atoms with Gasteiger partial charge in [-0.05, 0) is 24.8 Å². The van der Waals surface area contributed by atoms with Crippen LogP contribution in [0.25, 0.3) is 0 Å². The molecule has 26 heavy (non-hydrogen) atoms. The van der Waals surface area contributed by atoms with E-state index < -0.39 is 47.6 Å². The molecule has 0 amide bonds. The molecule has 2 saturated carbocycles. The highest BCUT2D eigenvalue weighted by Gasteiger charge is 2.62. The van der Waals surface area contributed by atoms with Gasteiger partial charge in [-0.25, -0.2) is 4.79 Å². The van der Waals surface area contributed by atoms with Crippen molar-refractivity contribution in [3.8, 4) is 0 Å². The summed E-state index contributed by atoms with van der Waals surface area (Å²) in [7, 11) is 0. The lowest BCUT2D eigenvalue weighted by Gasteiger charge is -2.54. The average Bonchev–Trinajstić information content (AvgIpc) is 2.82. The van der Waals surface area contributed by atoms with Crippen LogP contribution in [-0.2, 0) is 28.6 Å². The van der Waals surface area contributed by atoms with Crippen molar-refractivity contribution in [2.75, 3.05) is 0 Å². The number of carbonyl (C=O) groups is 3. The molecule has 3 aliphatic rings. The van der Waals surface area contributed by atoms with E-state index in [9.17, 15) is 19.5 Å². The topological polar surface area (TPSA) is 99.1 Å². The van der Waals surface area contributed by atoms with E-state index >= 15 is 0 Å². The molecule has 1 saturated heterocycles. The van der Waals surface area contributed by atoms with Gasteiger partial charge in [0, 0.05) is 30.8 Å². The Morgan fingerprint density at radius 3 is 2.65 bits per heavy atom. The Morgan fingerprint density at radius 1 is 1.35 bits per heavy atom. The van der Waals surface area contributed by atoms with Crippen molar-refractivity contribution in [2.45, 2.75) is 58.3 Å². The molecular weight excluding hydrogens is 340 g/mol. The maximum atomic E-state index is 12.2. The Labute approximate surface area is 152 Å². The summed E-state index contributed by atoms with van der Waals surface area (Å²) in [4.78, 5) is 35.0. The van der Waals surface area contributed by atoms with E-state index in [4.69, 9.17) is 14.2 Å². The maximum absolute atomic E-state index is 12.2. The van der Waals surface area contributed by atoms with Gasteiger partial charge in [0.05, 0.1) is 18.3 Å². The summed E-state index contributed by atoms with van der Waals surface area (Å²) < 4.78 is 16.1. The minimum Gasteiger partial charge on any atom is -0.462 e. The molecule has 2 aliphatic carbocycles. The normalized spacial score (nSPS) is 40.5. The lowest BCUT2D eigenvalue weighted by molar-refractivity contribution is -0.177. The first-order valence-corrected chi connectivity index (χ1v) is 8.76. The van der Waals surface area contributed by atoms with Crippen LogP contribution in [0.5, 0.6) is 0 Å². The van der Waals surface area contributed by atoms with Gasteiger partial charge in [-0.3, -0.25) is 9.59 Å². The Balaban J connectivity index is 2.04. The van der Waals surface area contributed by atoms with Crippen LogP contribution in [-0.4, -0.2) is 41.3 Å². The predicted molar refractivity (Wildman–Crippen MR) is 89.4 cm³/mol. The molecule has 142 valence electrons. The van der Waals surface area contributed by atoms with Crippen molar-refractivity contribution in [1.29, 1.82) is 0 Å². The minimum atomic E-state index is -0.684. The molecule has 1 heterocycles. The zero-order chi connectivity index (χ0) is 19.2. The van der Waals surface area contributed by atoms with E-state index in [0.717, 1.165) is 5.57 Å². The standard InChI is InChI=1S/C19H24O7/c1-9-15-13(25-11(3)21)7-19(4)14(22)6-5-12(8-24-10(2)20)16(19)17(15)26-18(9)23/h8,13-17,22H,1,5-7H2,2-4H3. The first-order chi connectivity index (χ1) is 12.1. The quantitative estimate of drug-likeness (QED) is 0.344. The molecule has 1 N–H and O–H groups in total. The van der Waals surface area contributed by atoms with Gasteiger partial charge < -0.3 is 19.3 Å². The van der Waals surface area contributed by atoms with Gasteiger partial charge in [-0.2, -0.15) is 0 Å². The third-order valence-electron chi connectivity index (χ3n) is 5.90. The number of esters is 3. The van der Waals surface area contributed by atoms with Crippen LogP contribution in [0, 0.1) is 17.3 Å². The molecule has 0 aromatic heterocycles. The lowest BCUT2D eigenvalue weighted by atomic mass is 9.53. The van der Waals surface area contributed by atoms with E-state index in [1.165, 1.54) is 20.1 Å². The SMILES string of the molecule is C=C1C(=O)OC2C1C(OC(C)=O)CC1(C)C(O)CCC(=COC(C)=O)C21. The fraction of sp³-hybridized carbons (Fsp3) is 0.632. The van der Waals surface area contributed by atoms with Crippen molar-refractivity contribution < 1.29 is 33.7 Å². The summed E-state index contributed by atoms with van der Waals surface area (Å²) in [5.74, 6) is -2.23. The van der Waals surface area contributed by atoms with Crippen LogP contribution in [0.15, 0.2) is 24.0 Å². The molecule has 1 aliphatic heterocycles. The molecule has 0 aromatic carbocycles. The molecule has 0 radical (unpaired) electrons. The molecule has 6 unspecified atom stereocenters. The van der Waals surface area contributed by atoms with Crippen LogP contribution in [0.4, 0.5) is 0 Å². The van der Waals surface area contributed by atoms with E-state index in [0.29, 0.717) is 19.3 Å². The largest absolute Gasteiger partial charge is 0.462 e. The van der Waals surface area contributed by atoms with Crippen LogP contribution in [0.2, 0.25) is 0 Å². The highest BCUT2D eigenvalue weighted by molar-refractivity contribution is 5.91. The van der Waals surface area contributed by atoms with Crippen molar-refractivity contribution in [3.05, 3.63) is 24.0 Å². The summed E-state index contributed by atoms with van der Waals surface area (Å²) >= 11 is 0. The highest BCUT2D eigenvalue weighted by Crippen LogP contribution is 2.58. The van der Waals surface area contributed by atoms with E-state index in [1.807, 2.05) is 6.92 Å². The molecule has 7 nitrogen and oxygen atoms in total. The molecular formula is C19H24O7. The van der Waals surface area contributed by atoms with Gasteiger partial charge in [-0.15, -0.1) is 0 Å². The van der Waals surface area contributed by atoms with E-state index in [2.05, 4.69) is 6.58 Å². The maximum Gasteiger partial charge on any atom is 0.334 e. The van der Waals surface area contributed by atoms with E-state index in [-0.39, 0.29) is 11.5 Å².